The van der Waals surface area contributed by atoms with E-state index in [1.807, 2.05) is 42.5 Å². The Morgan fingerprint density at radius 3 is 2.00 bits per heavy atom. The maximum Gasteiger partial charge on any atom is 0.282 e. The van der Waals surface area contributed by atoms with Crippen LogP contribution in [0.4, 0.5) is 5.69 Å². The molecule has 0 saturated carbocycles. The standard InChI is InChI=1S/C22H14Cl2N2O/c23-17-8-6-16(7-9-17)21-25-20(14-15-4-2-1-3-5-15)22(27)26(21)19-12-10-18(24)11-13-19/h1-14H/b20-14+. The first kappa shape index (κ1) is 17.5. The fourth-order valence-corrected chi connectivity index (χ4v) is 3.10. The minimum absolute atomic E-state index is 0.189. The Kier molecular flexibility index (Phi) is 4.80. The van der Waals surface area contributed by atoms with Crippen LogP contribution in [0, 0.1) is 0 Å². The van der Waals surface area contributed by atoms with Crippen molar-refractivity contribution in [3.63, 3.8) is 0 Å². The number of amides is 1. The molecule has 3 aromatic rings. The predicted molar refractivity (Wildman–Crippen MR) is 111 cm³/mol. The molecule has 1 aliphatic heterocycles. The van der Waals surface area contributed by atoms with Gasteiger partial charge in [0.05, 0.1) is 5.69 Å². The van der Waals surface area contributed by atoms with E-state index < -0.39 is 0 Å². The molecule has 5 heteroatoms. The Morgan fingerprint density at radius 2 is 1.37 bits per heavy atom. The molecule has 1 heterocycles. The van der Waals surface area contributed by atoms with E-state index in [4.69, 9.17) is 23.2 Å². The van der Waals surface area contributed by atoms with Crippen LogP contribution in [0.15, 0.2) is 89.6 Å². The lowest BCUT2D eigenvalue weighted by Crippen LogP contribution is -2.32. The minimum Gasteiger partial charge on any atom is -0.266 e. The zero-order chi connectivity index (χ0) is 18.8. The van der Waals surface area contributed by atoms with Crippen LogP contribution >= 0.6 is 23.2 Å². The number of anilines is 1. The summed E-state index contributed by atoms with van der Waals surface area (Å²) in [5.41, 5.74) is 2.80. The fraction of sp³-hybridized carbons (Fsp3) is 0. The van der Waals surface area contributed by atoms with E-state index >= 15 is 0 Å². The normalized spacial score (nSPS) is 15.3. The molecule has 0 aliphatic carbocycles. The maximum absolute atomic E-state index is 13.1. The number of aliphatic imine (C=N–C) groups is 1. The number of nitrogens with zero attached hydrogens (tertiary/aromatic N) is 2. The second kappa shape index (κ2) is 7.39. The molecule has 0 radical (unpaired) electrons. The van der Waals surface area contributed by atoms with Gasteiger partial charge in [-0.3, -0.25) is 9.69 Å². The van der Waals surface area contributed by atoms with Gasteiger partial charge in [-0.1, -0.05) is 53.5 Å². The Morgan fingerprint density at radius 1 is 0.778 bits per heavy atom. The molecule has 1 amide bonds. The molecule has 4 rings (SSSR count). The molecule has 132 valence electrons. The van der Waals surface area contributed by atoms with Gasteiger partial charge >= 0.3 is 0 Å². The third-order valence-corrected chi connectivity index (χ3v) is 4.65. The van der Waals surface area contributed by atoms with Gasteiger partial charge in [0, 0.05) is 15.6 Å². The van der Waals surface area contributed by atoms with Crippen molar-refractivity contribution in [1.82, 2.24) is 0 Å². The number of benzene rings is 3. The second-order valence-electron chi connectivity index (χ2n) is 6.00. The van der Waals surface area contributed by atoms with Gasteiger partial charge in [-0.2, -0.15) is 0 Å². The molecule has 0 N–H and O–H groups in total. The van der Waals surface area contributed by atoms with Crippen molar-refractivity contribution in [1.29, 1.82) is 0 Å². The molecule has 0 fully saturated rings. The summed E-state index contributed by atoms with van der Waals surface area (Å²) in [4.78, 5) is 19.3. The van der Waals surface area contributed by atoms with Gasteiger partial charge in [0.25, 0.3) is 5.91 Å². The topological polar surface area (TPSA) is 32.7 Å². The van der Waals surface area contributed by atoms with Crippen LogP contribution in [-0.4, -0.2) is 11.7 Å². The number of rotatable bonds is 3. The lowest BCUT2D eigenvalue weighted by atomic mass is 10.1. The van der Waals surface area contributed by atoms with Crippen LogP contribution in [0.2, 0.25) is 10.0 Å². The van der Waals surface area contributed by atoms with Crippen molar-refractivity contribution in [3.05, 3.63) is 106 Å². The maximum atomic E-state index is 13.1. The van der Waals surface area contributed by atoms with E-state index in [1.54, 1.807) is 47.4 Å². The van der Waals surface area contributed by atoms with Gasteiger partial charge in [0.15, 0.2) is 0 Å². The van der Waals surface area contributed by atoms with E-state index in [0.29, 0.717) is 27.3 Å². The number of halogens is 2. The summed E-state index contributed by atoms with van der Waals surface area (Å²) >= 11 is 12.0. The first-order valence-corrected chi connectivity index (χ1v) is 9.09. The summed E-state index contributed by atoms with van der Waals surface area (Å²) in [6.07, 6.45) is 1.79. The third-order valence-electron chi connectivity index (χ3n) is 4.15. The van der Waals surface area contributed by atoms with Crippen LogP contribution in [0.5, 0.6) is 0 Å². The third kappa shape index (κ3) is 3.65. The zero-order valence-electron chi connectivity index (χ0n) is 14.1. The Hall–Kier alpha value is -2.88. The van der Waals surface area contributed by atoms with Crippen LogP contribution in [-0.2, 0) is 4.79 Å². The molecule has 0 aromatic heterocycles. The quantitative estimate of drug-likeness (QED) is 0.516. The summed E-state index contributed by atoms with van der Waals surface area (Å²) in [6.45, 7) is 0. The first-order valence-electron chi connectivity index (χ1n) is 8.33. The molecule has 0 unspecified atom stereocenters. The molecule has 3 aromatic carbocycles. The summed E-state index contributed by atoms with van der Waals surface area (Å²) in [7, 11) is 0. The number of carbonyl (C=O) groups is 1. The average Bonchev–Trinajstić information content (AvgIpc) is 3.00. The second-order valence-corrected chi connectivity index (χ2v) is 6.87. The molecular formula is C22H14Cl2N2O. The van der Waals surface area contributed by atoms with E-state index in [9.17, 15) is 4.79 Å². The Balaban J connectivity index is 1.82. The van der Waals surface area contributed by atoms with Gasteiger partial charge in [-0.05, 0) is 60.2 Å². The first-order chi connectivity index (χ1) is 13.1. The highest BCUT2D eigenvalue weighted by Gasteiger charge is 2.32. The summed E-state index contributed by atoms with van der Waals surface area (Å²) < 4.78 is 0. The van der Waals surface area contributed by atoms with E-state index in [1.165, 1.54) is 0 Å². The van der Waals surface area contributed by atoms with Gasteiger partial charge < -0.3 is 0 Å². The lowest BCUT2D eigenvalue weighted by Gasteiger charge is -2.18. The van der Waals surface area contributed by atoms with Crippen molar-refractivity contribution in [2.45, 2.75) is 0 Å². The number of carbonyl (C=O) groups excluding carboxylic acids is 1. The Labute approximate surface area is 167 Å². The average molecular weight is 393 g/mol. The number of hydrogen-bond acceptors (Lipinski definition) is 2. The summed E-state index contributed by atoms with van der Waals surface area (Å²) in [6, 6.07) is 24.0. The van der Waals surface area contributed by atoms with Crippen molar-refractivity contribution < 1.29 is 4.79 Å². The molecule has 1 aliphatic rings. The van der Waals surface area contributed by atoms with E-state index in [-0.39, 0.29) is 5.91 Å². The number of hydrogen-bond donors (Lipinski definition) is 0. The largest absolute Gasteiger partial charge is 0.282 e. The highest BCUT2D eigenvalue weighted by molar-refractivity contribution is 6.34. The van der Waals surface area contributed by atoms with Gasteiger partial charge in [-0.25, -0.2) is 4.99 Å². The molecule has 3 nitrogen and oxygen atoms in total. The molecular weight excluding hydrogens is 379 g/mol. The van der Waals surface area contributed by atoms with Crippen molar-refractivity contribution in [3.8, 4) is 0 Å². The molecule has 27 heavy (non-hydrogen) atoms. The van der Waals surface area contributed by atoms with Crippen LogP contribution in [0.3, 0.4) is 0 Å². The SMILES string of the molecule is O=C1/C(=C\c2ccccc2)N=C(c2ccc(Cl)cc2)N1c1ccc(Cl)cc1. The van der Waals surface area contributed by atoms with Gasteiger partial charge in [-0.15, -0.1) is 0 Å². The Bertz CT molecular complexity index is 1040. The zero-order valence-corrected chi connectivity index (χ0v) is 15.7. The van der Waals surface area contributed by atoms with Crippen LogP contribution < -0.4 is 4.90 Å². The monoisotopic (exact) mass is 392 g/mol. The van der Waals surface area contributed by atoms with Crippen molar-refractivity contribution in [2.75, 3.05) is 4.90 Å². The van der Waals surface area contributed by atoms with Crippen LogP contribution in [0.25, 0.3) is 6.08 Å². The molecule has 0 atom stereocenters. The molecule has 0 spiro atoms. The highest BCUT2D eigenvalue weighted by atomic mass is 35.5. The van der Waals surface area contributed by atoms with Crippen LogP contribution in [0.1, 0.15) is 11.1 Å². The van der Waals surface area contributed by atoms with Gasteiger partial charge in [0.2, 0.25) is 0 Å². The molecule has 0 saturated heterocycles. The summed E-state index contributed by atoms with van der Waals surface area (Å²) in [5.74, 6) is 0.368. The van der Waals surface area contributed by atoms with E-state index in [0.717, 1.165) is 11.1 Å². The van der Waals surface area contributed by atoms with Gasteiger partial charge in [0.1, 0.15) is 11.5 Å². The smallest absolute Gasteiger partial charge is 0.266 e. The number of amidine groups is 1. The lowest BCUT2D eigenvalue weighted by molar-refractivity contribution is -0.113. The highest BCUT2D eigenvalue weighted by Crippen LogP contribution is 2.29. The van der Waals surface area contributed by atoms with Crippen molar-refractivity contribution >= 4 is 46.7 Å². The fourth-order valence-electron chi connectivity index (χ4n) is 2.85. The van der Waals surface area contributed by atoms with Crippen molar-refractivity contribution in [2.24, 2.45) is 4.99 Å². The molecule has 0 bridgehead atoms. The summed E-state index contributed by atoms with van der Waals surface area (Å²) in [5, 5.41) is 1.23. The predicted octanol–water partition coefficient (Wildman–Crippen LogP) is 5.83. The minimum atomic E-state index is -0.189. The van der Waals surface area contributed by atoms with E-state index in [2.05, 4.69) is 4.99 Å².